The molecular weight excluding hydrogens is 401 g/mol. The maximum Gasteiger partial charge on any atom is 0.317 e. The lowest BCUT2D eigenvalue weighted by Crippen LogP contribution is -2.53. The summed E-state index contributed by atoms with van der Waals surface area (Å²) in [4.78, 5) is 30.2. The van der Waals surface area contributed by atoms with Crippen LogP contribution in [0.15, 0.2) is 24.3 Å². The molecule has 0 aliphatic carbocycles. The van der Waals surface area contributed by atoms with Crippen molar-refractivity contribution in [2.24, 2.45) is 0 Å². The largest absolute Gasteiger partial charge is 0.480 e. The molecule has 2 unspecified atom stereocenters. The average Bonchev–Trinajstić information content (AvgIpc) is 2.88. The van der Waals surface area contributed by atoms with Crippen LogP contribution in [0.1, 0.15) is 32.1 Å². The number of anilines is 1. The number of hydrogen-bond acceptors (Lipinski definition) is 4. The van der Waals surface area contributed by atoms with Gasteiger partial charge in [0.2, 0.25) is 5.91 Å². The van der Waals surface area contributed by atoms with Gasteiger partial charge >= 0.3 is 5.97 Å². The van der Waals surface area contributed by atoms with Gasteiger partial charge in [0.1, 0.15) is 0 Å². The van der Waals surface area contributed by atoms with Crippen molar-refractivity contribution in [1.82, 2.24) is 9.80 Å². The Hall–Kier alpha value is -1.34. The summed E-state index contributed by atoms with van der Waals surface area (Å²) in [6.07, 6.45) is 4.66. The Bertz CT molecular complexity index is 688. The second-order valence-corrected chi connectivity index (χ2v) is 7.94. The molecule has 0 saturated carbocycles. The highest BCUT2D eigenvalue weighted by Crippen LogP contribution is 2.30. The smallest absolute Gasteiger partial charge is 0.317 e. The highest BCUT2D eigenvalue weighted by atomic mass is 35.5. The Kier molecular flexibility index (Phi) is 8.56. The van der Waals surface area contributed by atoms with Gasteiger partial charge in [-0.15, -0.1) is 12.4 Å². The van der Waals surface area contributed by atoms with Crippen LogP contribution in [0.3, 0.4) is 0 Å². The van der Waals surface area contributed by atoms with Crippen LogP contribution in [0.25, 0.3) is 0 Å². The Morgan fingerprint density at radius 2 is 1.89 bits per heavy atom. The van der Waals surface area contributed by atoms with Gasteiger partial charge in [-0.05, 0) is 57.8 Å². The molecule has 0 radical (unpaired) electrons. The minimum atomic E-state index is -0.795. The number of carboxylic acid groups (broad SMARTS) is 1. The SMILES string of the molecule is CN(CC(=O)O)C1CCCN(C2CCCN(c3ccccc3Cl)C2=O)CC1.Cl. The van der Waals surface area contributed by atoms with Gasteiger partial charge in [0.05, 0.1) is 23.3 Å². The molecule has 6 nitrogen and oxygen atoms in total. The number of hydrogen-bond donors (Lipinski definition) is 1. The van der Waals surface area contributed by atoms with Crippen molar-refractivity contribution < 1.29 is 14.7 Å². The average molecular weight is 430 g/mol. The molecule has 2 aliphatic rings. The normalized spacial score (nSPS) is 24.0. The maximum atomic E-state index is 13.2. The number of amides is 1. The first kappa shape index (κ1) is 22.9. The van der Waals surface area contributed by atoms with E-state index in [1.807, 2.05) is 41.1 Å². The van der Waals surface area contributed by atoms with E-state index in [-0.39, 0.29) is 36.9 Å². The maximum absolute atomic E-state index is 13.2. The number of carbonyl (C=O) groups is 2. The minimum Gasteiger partial charge on any atom is -0.480 e. The Morgan fingerprint density at radius 3 is 2.61 bits per heavy atom. The molecule has 2 heterocycles. The number of para-hydroxylation sites is 1. The van der Waals surface area contributed by atoms with E-state index in [1.54, 1.807) is 0 Å². The van der Waals surface area contributed by atoms with Gasteiger partial charge in [-0.25, -0.2) is 0 Å². The molecule has 0 spiro atoms. The lowest BCUT2D eigenvalue weighted by Gasteiger charge is -2.38. The number of likely N-dealkylation sites (N-methyl/N-ethyl adjacent to an activating group) is 1. The molecular formula is C20H29Cl2N3O3. The van der Waals surface area contributed by atoms with Gasteiger partial charge in [-0.3, -0.25) is 19.4 Å². The molecule has 1 aromatic carbocycles. The monoisotopic (exact) mass is 429 g/mol. The van der Waals surface area contributed by atoms with Crippen LogP contribution in [0.2, 0.25) is 5.02 Å². The van der Waals surface area contributed by atoms with Crippen molar-refractivity contribution in [3.05, 3.63) is 29.3 Å². The van der Waals surface area contributed by atoms with Crippen molar-refractivity contribution in [2.75, 3.05) is 38.1 Å². The molecule has 1 N–H and O–H groups in total. The van der Waals surface area contributed by atoms with Crippen molar-refractivity contribution in [3.63, 3.8) is 0 Å². The fourth-order valence-electron chi connectivity index (χ4n) is 4.30. The predicted molar refractivity (Wildman–Crippen MR) is 114 cm³/mol. The van der Waals surface area contributed by atoms with Crippen molar-refractivity contribution >= 4 is 41.6 Å². The molecule has 2 aliphatic heterocycles. The molecule has 2 atom stereocenters. The number of halogens is 2. The van der Waals surface area contributed by atoms with Gasteiger partial charge in [-0.2, -0.15) is 0 Å². The molecule has 156 valence electrons. The molecule has 0 bridgehead atoms. The van der Waals surface area contributed by atoms with Crippen LogP contribution in [0.5, 0.6) is 0 Å². The van der Waals surface area contributed by atoms with E-state index in [0.717, 1.165) is 50.9 Å². The van der Waals surface area contributed by atoms with Crippen LogP contribution in [-0.4, -0.2) is 72.1 Å². The van der Waals surface area contributed by atoms with Crippen LogP contribution >= 0.6 is 24.0 Å². The molecule has 8 heteroatoms. The summed E-state index contributed by atoms with van der Waals surface area (Å²) in [7, 11) is 1.87. The zero-order valence-corrected chi connectivity index (χ0v) is 17.8. The number of benzene rings is 1. The second kappa shape index (κ2) is 10.4. The highest BCUT2D eigenvalue weighted by Gasteiger charge is 2.35. The Labute approximate surface area is 177 Å². The molecule has 1 aromatic rings. The number of carboxylic acids is 1. The third-order valence-corrected chi connectivity index (χ3v) is 6.05. The fraction of sp³-hybridized carbons (Fsp3) is 0.600. The third-order valence-electron chi connectivity index (χ3n) is 5.73. The van der Waals surface area contributed by atoms with Gasteiger partial charge in [0.25, 0.3) is 0 Å². The number of piperidine rings is 1. The van der Waals surface area contributed by atoms with E-state index in [0.29, 0.717) is 11.6 Å². The summed E-state index contributed by atoms with van der Waals surface area (Å²) in [6, 6.07) is 7.65. The summed E-state index contributed by atoms with van der Waals surface area (Å²) >= 11 is 6.32. The first-order valence-electron chi connectivity index (χ1n) is 9.69. The van der Waals surface area contributed by atoms with E-state index in [9.17, 15) is 9.59 Å². The number of aliphatic carboxylic acids is 1. The fourth-order valence-corrected chi connectivity index (χ4v) is 4.54. The molecule has 3 rings (SSSR count). The molecule has 2 fully saturated rings. The quantitative estimate of drug-likeness (QED) is 0.778. The zero-order valence-electron chi connectivity index (χ0n) is 16.2. The van der Waals surface area contributed by atoms with Crippen LogP contribution in [0.4, 0.5) is 5.69 Å². The number of likely N-dealkylation sites (tertiary alicyclic amines) is 1. The van der Waals surface area contributed by atoms with Crippen molar-refractivity contribution in [3.8, 4) is 0 Å². The van der Waals surface area contributed by atoms with Gasteiger partial charge in [0.15, 0.2) is 0 Å². The molecule has 0 aromatic heterocycles. The first-order chi connectivity index (χ1) is 13.0. The summed E-state index contributed by atoms with van der Waals surface area (Å²) < 4.78 is 0. The number of rotatable bonds is 5. The van der Waals surface area contributed by atoms with Crippen LogP contribution in [-0.2, 0) is 9.59 Å². The van der Waals surface area contributed by atoms with Gasteiger partial charge in [0, 0.05) is 19.1 Å². The lowest BCUT2D eigenvalue weighted by atomic mass is 10.0. The predicted octanol–water partition coefficient (Wildman–Crippen LogP) is 3.13. The van der Waals surface area contributed by atoms with E-state index in [2.05, 4.69) is 4.90 Å². The number of carbonyl (C=O) groups excluding carboxylic acids is 1. The summed E-state index contributed by atoms with van der Waals surface area (Å²) in [5.74, 6) is -0.664. The van der Waals surface area contributed by atoms with Gasteiger partial charge in [-0.1, -0.05) is 23.7 Å². The highest BCUT2D eigenvalue weighted by molar-refractivity contribution is 6.33. The van der Waals surface area contributed by atoms with Gasteiger partial charge < -0.3 is 10.0 Å². The molecule has 28 heavy (non-hydrogen) atoms. The summed E-state index contributed by atoms with van der Waals surface area (Å²) in [6.45, 7) is 2.47. The lowest BCUT2D eigenvalue weighted by molar-refractivity contribution is -0.138. The topological polar surface area (TPSA) is 64.1 Å². The van der Waals surface area contributed by atoms with Crippen molar-refractivity contribution in [2.45, 2.75) is 44.2 Å². The van der Waals surface area contributed by atoms with E-state index >= 15 is 0 Å². The van der Waals surface area contributed by atoms with E-state index < -0.39 is 5.97 Å². The summed E-state index contributed by atoms with van der Waals surface area (Å²) in [5, 5.41) is 9.63. The number of nitrogens with zero attached hydrogens (tertiary/aromatic N) is 3. The zero-order chi connectivity index (χ0) is 19.4. The van der Waals surface area contributed by atoms with E-state index in [4.69, 9.17) is 16.7 Å². The standard InChI is InChI=1S/C20H28ClN3O3.ClH/c1-22(14-19(25)26)15-6-4-11-23(13-10-15)18-9-5-12-24(20(18)27)17-8-3-2-7-16(17)21;/h2-3,7-8,15,18H,4-6,9-14H2,1H3,(H,25,26);1H. The first-order valence-corrected chi connectivity index (χ1v) is 10.1. The third kappa shape index (κ3) is 5.38. The summed E-state index contributed by atoms with van der Waals surface area (Å²) in [5.41, 5.74) is 0.794. The van der Waals surface area contributed by atoms with Crippen LogP contribution < -0.4 is 4.90 Å². The molecule has 1 amide bonds. The van der Waals surface area contributed by atoms with Crippen molar-refractivity contribution in [1.29, 1.82) is 0 Å². The Balaban J connectivity index is 0.00000280. The second-order valence-electron chi connectivity index (χ2n) is 7.53. The van der Waals surface area contributed by atoms with E-state index in [1.165, 1.54) is 0 Å². The Morgan fingerprint density at radius 1 is 1.18 bits per heavy atom. The molecule has 2 saturated heterocycles. The minimum absolute atomic E-state index is 0. The van der Waals surface area contributed by atoms with Crippen LogP contribution in [0, 0.1) is 0 Å².